The molecule has 1 amide bonds. The van der Waals surface area contributed by atoms with Gasteiger partial charge in [-0.3, -0.25) is 9.78 Å². The summed E-state index contributed by atoms with van der Waals surface area (Å²) in [7, 11) is 0. The van der Waals surface area contributed by atoms with Gasteiger partial charge in [0.05, 0.1) is 10.2 Å². The van der Waals surface area contributed by atoms with E-state index in [1.807, 2.05) is 0 Å². The highest BCUT2D eigenvalue weighted by atomic mass is 79.9. The Labute approximate surface area is 107 Å². The van der Waals surface area contributed by atoms with Crippen LogP contribution in [0.4, 0.5) is 11.4 Å². The van der Waals surface area contributed by atoms with Gasteiger partial charge in [-0.2, -0.15) is 0 Å². The van der Waals surface area contributed by atoms with Gasteiger partial charge >= 0.3 is 0 Å². The van der Waals surface area contributed by atoms with Gasteiger partial charge in [0, 0.05) is 23.6 Å². The summed E-state index contributed by atoms with van der Waals surface area (Å²) in [5, 5.41) is 2.77. The summed E-state index contributed by atoms with van der Waals surface area (Å²) in [6.45, 7) is 0. The van der Waals surface area contributed by atoms with E-state index < -0.39 is 0 Å². The van der Waals surface area contributed by atoms with E-state index in [1.54, 1.807) is 42.7 Å². The van der Waals surface area contributed by atoms with Crippen LogP contribution in [0.3, 0.4) is 0 Å². The molecule has 0 saturated heterocycles. The Balaban J connectivity index is 2.20. The SMILES string of the molecule is Nc1cccc(C(=O)Nc2ccncc2Br)c1. The van der Waals surface area contributed by atoms with Gasteiger partial charge in [-0.15, -0.1) is 0 Å². The minimum atomic E-state index is -0.204. The number of benzene rings is 1. The number of halogens is 1. The first kappa shape index (κ1) is 11.6. The molecule has 0 spiro atoms. The quantitative estimate of drug-likeness (QED) is 0.836. The largest absolute Gasteiger partial charge is 0.399 e. The van der Waals surface area contributed by atoms with Crippen molar-refractivity contribution < 1.29 is 4.79 Å². The predicted molar refractivity (Wildman–Crippen MR) is 70.7 cm³/mol. The van der Waals surface area contributed by atoms with Crippen LogP contribution >= 0.6 is 15.9 Å². The molecule has 86 valence electrons. The first-order valence-corrected chi connectivity index (χ1v) is 5.72. The number of nitrogens with two attached hydrogens (primary N) is 1. The van der Waals surface area contributed by atoms with Gasteiger partial charge in [-0.25, -0.2) is 0 Å². The number of rotatable bonds is 2. The molecule has 1 heterocycles. The highest BCUT2D eigenvalue weighted by molar-refractivity contribution is 9.10. The Morgan fingerprint density at radius 1 is 1.35 bits per heavy atom. The molecule has 0 unspecified atom stereocenters. The second kappa shape index (κ2) is 4.97. The van der Waals surface area contributed by atoms with Crippen molar-refractivity contribution in [2.24, 2.45) is 0 Å². The van der Waals surface area contributed by atoms with Crippen LogP contribution in [0.15, 0.2) is 47.2 Å². The fourth-order valence-electron chi connectivity index (χ4n) is 1.35. The number of amides is 1. The first-order valence-electron chi connectivity index (χ1n) is 4.93. The number of aromatic nitrogens is 1. The minimum Gasteiger partial charge on any atom is -0.399 e. The zero-order chi connectivity index (χ0) is 12.3. The van der Waals surface area contributed by atoms with E-state index in [0.29, 0.717) is 16.9 Å². The van der Waals surface area contributed by atoms with Crippen LogP contribution in [0.5, 0.6) is 0 Å². The van der Waals surface area contributed by atoms with Crippen LogP contribution < -0.4 is 11.1 Å². The van der Waals surface area contributed by atoms with E-state index in [2.05, 4.69) is 26.2 Å². The molecule has 0 aliphatic carbocycles. The first-order chi connectivity index (χ1) is 8.16. The van der Waals surface area contributed by atoms with Crippen LogP contribution in [0, 0.1) is 0 Å². The van der Waals surface area contributed by atoms with Crippen molar-refractivity contribution in [2.45, 2.75) is 0 Å². The van der Waals surface area contributed by atoms with E-state index in [4.69, 9.17) is 5.73 Å². The lowest BCUT2D eigenvalue weighted by atomic mass is 10.2. The van der Waals surface area contributed by atoms with E-state index >= 15 is 0 Å². The van der Waals surface area contributed by atoms with Gasteiger partial charge in [0.25, 0.3) is 5.91 Å². The molecule has 1 aromatic carbocycles. The van der Waals surface area contributed by atoms with Gasteiger partial charge in [-0.1, -0.05) is 6.07 Å². The summed E-state index contributed by atoms with van der Waals surface area (Å²) in [4.78, 5) is 15.8. The second-order valence-electron chi connectivity index (χ2n) is 3.44. The Bertz CT molecular complexity index is 557. The standard InChI is InChI=1S/C12H10BrN3O/c13-10-7-15-5-4-11(10)16-12(17)8-2-1-3-9(14)6-8/h1-7H,14H2,(H,15,16,17). The molecule has 0 aliphatic heterocycles. The van der Waals surface area contributed by atoms with Crippen LogP contribution in [-0.4, -0.2) is 10.9 Å². The summed E-state index contributed by atoms with van der Waals surface area (Å²) in [6.07, 6.45) is 3.23. The third kappa shape index (κ3) is 2.82. The number of hydrogen-bond donors (Lipinski definition) is 2. The van der Waals surface area contributed by atoms with Crippen LogP contribution in [-0.2, 0) is 0 Å². The number of pyridine rings is 1. The number of hydrogen-bond acceptors (Lipinski definition) is 3. The zero-order valence-corrected chi connectivity index (χ0v) is 10.4. The van der Waals surface area contributed by atoms with Gasteiger partial charge in [0.1, 0.15) is 0 Å². The van der Waals surface area contributed by atoms with E-state index in [-0.39, 0.29) is 5.91 Å². The summed E-state index contributed by atoms with van der Waals surface area (Å²) < 4.78 is 0.734. The summed E-state index contributed by atoms with van der Waals surface area (Å²) in [6, 6.07) is 8.53. The Kier molecular flexibility index (Phi) is 3.39. The number of carbonyl (C=O) groups is 1. The van der Waals surface area contributed by atoms with Gasteiger partial charge < -0.3 is 11.1 Å². The predicted octanol–water partition coefficient (Wildman–Crippen LogP) is 2.68. The molecule has 17 heavy (non-hydrogen) atoms. The summed E-state index contributed by atoms with van der Waals surface area (Å²) >= 11 is 3.31. The van der Waals surface area contributed by atoms with Crippen molar-refractivity contribution in [2.75, 3.05) is 11.1 Å². The Morgan fingerprint density at radius 2 is 2.18 bits per heavy atom. The fraction of sp³-hybridized carbons (Fsp3) is 0. The molecule has 5 heteroatoms. The molecular weight excluding hydrogens is 282 g/mol. The molecule has 2 aromatic rings. The Hall–Kier alpha value is -1.88. The maximum absolute atomic E-state index is 11.9. The lowest BCUT2D eigenvalue weighted by molar-refractivity contribution is 0.102. The number of anilines is 2. The monoisotopic (exact) mass is 291 g/mol. The van der Waals surface area contributed by atoms with Crippen molar-refractivity contribution in [1.82, 2.24) is 4.98 Å². The van der Waals surface area contributed by atoms with Crippen molar-refractivity contribution >= 4 is 33.2 Å². The molecule has 0 aliphatic rings. The molecule has 0 saturated carbocycles. The van der Waals surface area contributed by atoms with Crippen molar-refractivity contribution in [3.63, 3.8) is 0 Å². The zero-order valence-electron chi connectivity index (χ0n) is 8.85. The average Bonchev–Trinajstić information content (AvgIpc) is 2.32. The van der Waals surface area contributed by atoms with E-state index in [9.17, 15) is 4.79 Å². The third-order valence-electron chi connectivity index (χ3n) is 2.17. The molecular formula is C12H10BrN3O. The lowest BCUT2D eigenvalue weighted by Gasteiger charge is -2.07. The smallest absolute Gasteiger partial charge is 0.255 e. The molecule has 0 atom stereocenters. The Morgan fingerprint density at radius 3 is 2.88 bits per heavy atom. The van der Waals surface area contributed by atoms with Crippen molar-refractivity contribution in [3.8, 4) is 0 Å². The minimum absolute atomic E-state index is 0.204. The molecule has 0 fully saturated rings. The van der Waals surface area contributed by atoms with E-state index in [0.717, 1.165) is 4.47 Å². The van der Waals surface area contributed by atoms with Gasteiger partial charge in [0.2, 0.25) is 0 Å². The average molecular weight is 292 g/mol. The second-order valence-corrected chi connectivity index (χ2v) is 4.29. The highest BCUT2D eigenvalue weighted by Gasteiger charge is 2.07. The normalized spacial score (nSPS) is 9.94. The maximum atomic E-state index is 11.9. The lowest BCUT2D eigenvalue weighted by Crippen LogP contribution is -2.12. The number of nitrogen functional groups attached to an aromatic ring is 1. The van der Waals surface area contributed by atoms with Crippen LogP contribution in [0.1, 0.15) is 10.4 Å². The van der Waals surface area contributed by atoms with E-state index in [1.165, 1.54) is 0 Å². The fourth-order valence-corrected chi connectivity index (χ4v) is 1.70. The number of nitrogens with zero attached hydrogens (tertiary/aromatic N) is 1. The van der Waals surface area contributed by atoms with Crippen LogP contribution in [0.2, 0.25) is 0 Å². The summed E-state index contributed by atoms with van der Waals surface area (Å²) in [5.41, 5.74) is 7.38. The molecule has 0 bridgehead atoms. The molecule has 3 N–H and O–H groups in total. The third-order valence-corrected chi connectivity index (χ3v) is 2.80. The summed E-state index contributed by atoms with van der Waals surface area (Å²) in [5.74, 6) is -0.204. The van der Waals surface area contributed by atoms with Crippen LogP contribution in [0.25, 0.3) is 0 Å². The van der Waals surface area contributed by atoms with Crippen molar-refractivity contribution in [3.05, 3.63) is 52.8 Å². The topological polar surface area (TPSA) is 68.0 Å². The number of carbonyl (C=O) groups excluding carboxylic acids is 1. The van der Waals surface area contributed by atoms with Gasteiger partial charge in [-0.05, 0) is 40.2 Å². The molecule has 0 radical (unpaired) electrons. The number of nitrogens with one attached hydrogen (secondary N) is 1. The molecule has 4 nitrogen and oxygen atoms in total. The highest BCUT2D eigenvalue weighted by Crippen LogP contribution is 2.20. The van der Waals surface area contributed by atoms with Gasteiger partial charge in [0.15, 0.2) is 0 Å². The molecule has 1 aromatic heterocycles. The molecule has 2 rings (SSSR count). The maximum Gasteiger partial charge on any atom is 0.255 e. The van der Waals surface area contributed by atoms with Crippen molar-refractivity contribution in [1.29, 1.82) is 0 Å².